The second kappa shape index (κ2) is 4.38. The first-order chi connectivity index (χ1) is 4.93. The van der Waals surface area contributed by atoms with Gasteiger partial charge < -0.3 is 11.1 Å². The van der Waals surface area contributed by atoms with Crippen molar-refractivity contribution in [1.82, 2.24) is 9.69 Å². The fourth-order valence-electron chi connectivity index (χ4n) is 0.647. The molecule has 0 fully saturated rings. The Labute approximate surface area is 64.4 Å². The Morgan fingerprint density at radius 3 is 3.20 bits per heavy atom. The molecule has 0 saturated heterocycles. The van der Waals surface area contributed by atoms with Gasteiger partial charge in [-0.3, -0.25) is 0 Å². The molecule has 0 atom stereocenters. The maximum absolute atomic E-state index is 5.29. The molecule has 0 saturated carbocycles. The van der Waals surface area contributed by atoms with Gasteiger partial charge in [0.1, 0.15) is 0 Å². The largest absolute Gasteiger partial charge is 0.329 e. The van der Waals surface area contributed by atoms with E-state index in [4.69, 9.17) is 5.73 Å². The van der Waals surface area contributed by atoms with Crippen LogP contribution in [-0.2, 0) is 6.54 Å². The molecule has 3 N–H and O–H groups in total. The molecule has 3 nitrogen and oxygen atoms in total. The van der Waals surface area contributed by atoms with Crippen molar-refractivity contribution in [3.05, 3.63) is 17.1 Å². The summed E-state index contributed by atoms with van der Waals surface area (Å²) in [6.45, 7) is 2.38. The Morgan fingerprint density at radius 2 is 2.60 bits per heavy atom. The van der Waals surface area contributed by atoms with Crippen molar-refractivity contribution >= 4 is 11.5 Å². The van der Waals surface area contributed by atoms with Gasteiger partial charge in [0.2, 0.25) is 0 Å². The fraction of sp³-hybridized carbons (Fsp3) is 0.500. The van der Waals surface area contributed by atoms with Crippen LogP contribution in [0.3, 0.4) is 0 Å². The van der Waals surface area contributed by atoms with E-state index in [1.807, 2.05) is 11.4 Å². The van der Waals surface area contributed by atoms with Crippen LogP contribution in [-0.4, -0.2) is 17.5 Å². The van der Waals surface area contributed by atoms with Gasteiger partial charge in [0.25, 0.3) is 0 Å². The van der Waals surface area contributed by atoms with Crippen molar-refractivity contribution in [2.24, 2.45) is 5.73 Å². The minimum absolute atomic E-state index is 0.685. The number of hydrogen-bond acceptors (Lipinski definition) is 4. The predicted molar refractivity (Wildman–Crippen MR) is 42.9 cm³/mol. The molecule has 1 aromatic rings. The van der Waals surface area contributed by atoms with Gasteiger partial charge in [-0.05, 0) is 17.6 Å². The zero-order chi connectivity index (χ0) is 7.23. The number of hydrogen-bond donors (Lipinski definition) is 2. The smallest absolute Gasteiger partial charge is 0.0680 e. The number of nitrogens with two attached hydrogens (primary N) is 1. The SMILES string of the molecule is NCCNCc1ccsn1. The quantitative estimate of drug-likeness (QED) is 0.613. The van der Waals surface area contributed by atoms with E-state index in [1.165, 1.54) is 11.5 Å². The highest BCUT2D eigenvalue weighted by Crippen LogP contribution is 1.97. The highest BCUT2D eigenvalue weighted by Gasteiger charge is 1.91. The van der Waals surface area contributed by atoms with Crippen molar-refractivity contribution in [2.75, 3.05) is 13.1 Å². The molecular weight excluding hydrogens is 146 g/mol. The molecular formula is C6H11N3S. The molecule has 0 aliphatic rings. The highest BCUT2D eigenvalue weighted by atomic mass is 32.1. The summed E-state index contributed by atoms with van der Waals surface area (Å²) in [5.74, 6) is 0. The van der Waals surface area contributed by atoms with Crippen LogP contribution in [0.4, 0.5) is 0 Å². The van der Waals surface area contributed by atoms with E-state index < -0.39 is 0 Å². The van der Waals surface area contributed by atoms with Gasteiger partial charge in [-0.1, -0.05) is 0 Å². The molecule has 0 bridgehead atoms. The van der Waals surface area contributed by atoms with Crippen molar-refractivity contribution < 1.29 is 0 Å². The predicted octanol–water partition coefficient (Wildman–Crippen LogP) is 0.191. The van der Waals surface area contributed by atoms with E-state index in [-0.39, 0.29) is 0 Å². The van der Waals surface area contributed by atoms with Gasteiger partial charge >= 0.3 is 0 Å². The molecule has 0 amide bonds. The van der Waals surface area contributed by atoms with Gasteiger partial charge in [-0.2, -0.15) is 4.37 Å². The van der Waals surface area contributed by atoms with Gasteiger partial charge in [0.05, 0.1) is 5.69 Å². The molecule has 0 spiro atoms. The van der Waals surface area contributed by atoms with Gasteiger partial charge in [-0.25, -0.2) is 0 Å². The van der Waals surface area contributed by atoms with Gasteiger partial charge in [0.15, 0.2) is 0 Å². The van der Waals surface area contributed by atoms with Crippen LogP contribution >= 0.6 is 11.5 Å². The third kappa shape index (κ3) is 2.43. The molecule has 0 aromatic carbocycles. The van der Waals surface area contributed by atoms with Crippen molar-refractivity contribution in [2.45, 2.75) is 6.54 Å². The third-order valence-electron chi connectivity index (χ3n) is 1.12. The lowest BCUT2D eigenvalue weighted by Crippen LogP contribution is -2.21. The maximum Gasteiger partial charge on any atom is 0.0680 e. The summed E-state index contributed by atoms with van der Waals surface area (Å²) in [6.07, 6.45) is 0. The van der Waals surface area contributed by atoms with E-state index in [0.717, 1.165) is 18.8 Å². The van der Waals surface area contributed by atoms with Crippen molar-refractivity contribution in [1.29, 1.82) is 0 Å². The summed E-state index contributed by atoms with van der Waals surface area (Å²) in [7, 11) is 0. The Bertz CT molecular complexity index is 162. The molecule has 4 heteroatoms. The molecule has 56 valence electrons. The Balaban J connectivity index is 2.15. The van der Waals surface area contributed by atoms with Crippen LogP contribution in [0.2, 0.25) is 0 Å². The minimum Gasteiger partial charge on any atom is -0.329 e. The average molecular weight is 157 g/mol. The first-order valence-corrected chi connectivity index (χ1v) is 4.07. The third-order valence-corrected chi connectivity index (χ3v) is 1.72. The summed E-state index contributed by atoms with van der Waals surface area (Å²) in [4.78, 5) is 0. The Morgan fingerprint density at radius 1 is 1.70 bits per heavy atom. The summed E-state index contributed by atoms with van der Waals surface area (Å²) in [6, 6.07) is 2.01. The topological polar surface area (TPSA) is 50.9 Å². The number of nitrogens with one attached hydrogen (secondary N) is 1. The zero-order valence-electron chi connectivity index (χ0n) is 5.71. The molecule has 0 aliphatic heterocycles. The van der Waals surface area contributed by atoms with E-state index in [0.29, 0.717) is 6.54 Å². The van der Waals surface area contributed by atoms with Crippen LogP contribution in [0.5, 0.6) is 0 Å². The lowest BCUT2D eigenvalue weighted by atomic mass is 10.4. The molecule has 1 heterocycles. The monoisotopic (exact) mass is 157 g/mol. The van der Waals surface area contributed by atoms with E-state index in [9.17, 15) is 0 Å². The second-order valence-electron chi connectivity index (χ2n) is 1.96. The molecule has 0 aliphatic carbocycles. The molecule has 1 aromatic heterocycles. The molecule has 1 rings (SSSR count). The van der Waals surface area contributed by atoms with Crippen LogP contribution in [0.1, 0.15) is 5.69 Å². The lowest BCUT2D eigenvalue weighted by molar-refractivity contribution is 0.687. The number of nitrogens with zero attached hydrogens (tertiary/aromatic N) is 1. The fourth-order valence-corrected chi connectivity index (χ4v) is 1.19. The number of rotatable bonds is 4. The van der Waals surface area contributed by atoms with Crippen LogP contribution in [0.25, 0.3) is 0 Å². The number of aromatic nitrogens is 1. The van der Waals surface area contributed by atoms with Crippen LogP contribution in [0, 0.1) is 0 Å². The van der Waals surface area contributed by atoms with Crippen molar-refractivity contribution in [3.63, 3.8) is 0 Å². The lowest BCUT2D eigenvalue weighted by Gasteiger charge is -1.97. The molecule has 0 radical (unpaired) electrons. The standard InChI is InChI=1S/C6H11N3S/c7-2-3-8-5-6-1-4-10-9-6/h1,4,8H,2-3,5,7H2. The summed E-state index contributed by atoms with van der Waals surface area (Å²) in [5.41, 5.74) is 6.38. The first-order valence-electron chi connectivity index (χ1n) is 3.23. The summed E-state index contributed by atoms with van der Waals surface area (Å²) in [5, 5.41) is 5.13. The van der Waals surface area contributed by atoms with E-state index >= 15 is 0 Å². The first kappa shape index (κ1) is 7.65. The maximum atomic E-state index is 5.29. The summed E-state index contributed by atoms with van der Waals surface area (Å²) >= 11 is 1.48. The second-order valence-corrected chi connectivity index (χ2v) is 2.62. The van der Waals surface area contributed by atoms with Gasteiger partial charge in [0, 0.05) is 25.0 Å². The summed E-state index contributed by atoms with van der Waals surface area (Å²) < 4.78 is 4.13. The average Bonchev–Trinajstić information content (AvgIpc) is 2.41. The van der Waals surface area contributed by atoms with Gasteiger partial charge in [-0.15, -0.1) is 0 Å². The molecule has 0 unspecified atom stereocenters. The van der Waals surface area contributed by atoms with E-state index in [1.54, 1.807) is 0 Å². The van der Waals surface area contributed by atoms with Crippen LogP contribution in [0.15, 0.2) is 11.4 Å². The van der Waals surface area contributed by atoms with Crippen LogP contribution < -0.4 is 11.1 Å². The Hall–Kier alpha value is -0.450. The zero-order valence-corrected chi connectivity index (χ0v) is 6.53. The van der Waals surface area contributed by atoms with E-state index in [2.05, 4.69) is 9.69 Å². The molecule has 10 heavy (non-hydrogen) atoms. The Kier molecular flexibility index (Phi) is 3.35. The van der Waals surface area contributed by atoms with Crippen molar-refractivity contribution in [3.8, 4) is 0 Å². The normalized spacial score (nSPS) is 10.1. The highest BCUT2D eigenvalue weighted by molar-refractivity contribution is 7.03. The minimum atomic E-state index is 0.685.